The summed E-state index contributed by atoms with van der Waals surface area (Å²) in [5, 5.41) is 24.5. The molecule has 0 aliphatic carbocycles. The van der Waals surface area contributed by atoms with Crippen LogP contribution >= 0.6 is 0 Å². The Labute approximate surface area is 477 Å². The Bertz CT molecular complexity index is 2720. The molecule has 0 bridgehead atoms. The number of fused-ring (bicyclic) bond motifs is 2. The minimum absolute atomic E-state index is 0.0657. The van der Waals surface area contributed by atoms with Gasteiger partial charge in [0.2, 0.25) is 35.4 Å². The van der Waals surface area contributed by atoms with Crippen LogP contribution in [0.25, 0.3) is 22.3 Å². The normalized spacial score (nSPS) is 22.5. The van der Waals surface area contributed by atoms with Gasteiger partial charge in [-0.1, -0.05) is 114 Å². The Morgan fingerprint density at radius 3 is 1.95 bits per heavy atom. The average molecular weight is 1110 g/mol. The number of nitrogens with two attached hydrogens (primary N) is 2. The van der Waals surface area contributed by atoms with E-state index in [1.165, 1.54) is 54.0 Å². The lowest BCUT2D eigenvalue weighted by Crippen LogP contribution is -2.60. The van der Waals surface area contributed by atoms with Crippen LogP contribution in [-0.2, 0) is 35.2 Å². The van der Waals surface area contributed by atoms with Gasteiger partial charge in [-0.3, -0.25) is 33.6 Å². The SMILES string of the molecule is CCCCCCCCOc1ccc(-c2ccc(-c3ccc(C(=O)N[C@H]4CCCNC(=O)[C@@H]5C[C@H](N)CN5C(=O)[C@H](CCCCN)NC(=O)[C@H](CCc5ccc(O)cc5)NC(=O)[C@@H]5CCCN5C(=O)[C@H](C(C)C)NC4=O)cc3)cc2)cc1. The van der Waals surface area contributed by atoms with Crippen molar-refractivity contribution in [2.75, 3.05) is 32.8 Å². The minimum Gasteiger partial charge on any atom is -0.508 e. The first-order valence-electron chi connectivity index (χ1n) is 29.4. The summed E-state index contributed by atoms with van der Waals surface area (Å²) in [7, 11) is 0. The largest absolute Gasteiger partial charge is 0.508 e. The predicted molar refractivity (Wildman–Crippen MR) is 312 cm³/mol. The van der Waals surface area contributed by atoms with Gasteiger partial charge in [0.25, 0.3) is 5.91 Å². The molecule has 0 aromatic heterocycles. The van der Waals surface area contributed by atoms with E-state index in [1.807, 2.05) is 36.4 Å². The third kappa shape index (κ3) is 17.4. The molecule has 18 heteroatoms. The van der Waals surface area contributed by atoms with Gasteiger partial charge in [0.1, 0.15) is 47.8 Å². The molecule has 3 aliphatic rings. The van der Waals surface area contributed by atoms with E-state index in [4.69, 9.17) is 16.2 Å². The van der Waals surface area contributed by atoms with Crippen LogP contribution in [0.3, 0.4) is 0 Å². The van der Waals surface area contributed by atoms with Gasteiger partial charge >= 0.3 is 0 Å². The molecule has 81 heavy (non-hydrogen) atoms. The number of benzene rings is 4. The van der Waals surface area contributed by atoms with Crippen LogP contribution in [0.15, 0.2) is 97.1 Å². The molecular weight excluding hydrogens is 1030 g/mol. The number of unbranched alkanes of at least 4 members (excludes halogenated alkanes) is 6. The molecule has 0 radical (unpaired) electrons. The Morgan fingerprint density at radius 2 is 1.30 bits per heavy atom. The first kappa shape index (κ1) is 61.3. The van der Waals surface area contributed by atoms with Gasteiger partial charge < -0.3 is 57.7 Å². The highest BCUT2D eigenvalue weighted by Crippen LogP contribution is 2.28. The second kappa shape index (κ2) is 30.5. The van der Waals surface area contributed by atoms with Gasteiger partial charge in [-0.15, -0.1) is 0 Å². The fourth-order valence-electron chi connectivity index (χ4n) is 11.0. The highest BCUT2D eigenvalue weighted by molar-refractivity contribution is 6.00. The number of carbonyl (C=O) groups excluding carboxylic acids is 7. The molecule has 0 unspecified atom stereocenters. The van der Waals surface area contributed by atoms with Crippen molar-refractivity contribution in [2.45, 2.75) is 166 Å². The van der Waals surface area contributed by atoms with E-state index >= 15 is 0 Å². The fraction of sp³-hybridized carbons (Fsp3) is 0.508. The van der Waals surface area contributed by atoms with E-state index < -0.39 is 89.6 Å². The standard InChI is InChI=1S/C63H85N9O9/c1-4-5-6-7-8-11-38-81-50-32-28-46(29-33-50)44-22-20-43(21-23-44)45-24-26-47(27-25-45)57(74)67-51-15-12-36-66-60(77)55-39-48(65)40-72(55)62(79)53(14-9-10-35-64)69-58(75)52(34-19-42-17-30-49(73)31-18-42)68-61(78)54-16-13-37-71(54)63(80)56(41(2)3)70-59(51)76/h17-18,20-33,41,48,51-56,73H,4-16,19,34-40,64-65H2,1-3H3,(H,66,77)(H,67,74)(H,68,78)(H,69,75)(H,70,76)/t48-,51-,52-,53-,54-,55-,56-/m0/s1. The zero-order chi connectivity index (χ0) is 57.8. The smallest absolute Gasteiger partial charge is 0.251 e. The van der Waals surface area contributed by atoms with Crippen LogP contribution in [0.2, 0.25) is 0 Å². The van der Waals surface area contributed by atoms with Gasteiger partial charge in [-0.2, -0.15) is 0 Å². The summed E-state index contributed by atoms with van der Waals surface area (Å²) in [6, 6.07) is 22.9. The Hall–Kier alpha value is -7.31. The number of amides is 7. The van der Waals surface area contributed by atoms with Gasteiger partial charge in [-0.25, -0.2) is 0 Å². The number of nitrogens with zero attached hydrogens (tertiary/aromatic N) is 2. The van der Waals surface area contributed by atoms with Crippen molar-refractivity contribution in [3.8, 4) is 33.8 Å². The average Bonchev–Trinajstić information content (AvgIpc) is 4.13. The van der Waals surface area contributed by atoms with E-state index in [0.29, 0.717) is 50.8 Å². The van der Waals surface area contributed by atoms with Crippen LogP contribution in [0.4, 0.5) is 0 Å². The van der Waals surface area contributed by atoms with Crippen molar-refractivity contribution >= 4 is 41.4 Å². The van der Waals surface area contributed by atoms with E-state index in [9.17, 15) is 38.7 Å². The van der Waals surface area contributed by atoms with Crippen molar-refractivity contribution in [3.63, 3.8) is 0 Å². The van der Waals surface area contributed by atoms with Crippen molar-refractivity contribution in [3.05, 3.63) is 108 Å². The van der Waals surface area contributed by atoms with E-state index in [0.717, 1.165) is 40.0 Å². The van der Waals surface area contributed by atoms with E-state index in [2.05, 4.69) is 57.8 Å². The van der Waals surface area contributed by atoms with E-state index in [1.54, 1.807) is 38.1 Å². The highest BCUT2D eigenvalue weighted by Gasteiger charge is 2.43. The summed E-state index contributed by atoms with van der Waals surface area (Å²) >= 11 is 0. The van der Waals surface area contributed by atoms with Crippen LogP contribution in [0.1, 0.15) is 133 Å². The number of phenols is 1. The third-order valence-corrected chi connectivity index (χ3v) is 15.8. The molecule has 4 aromatic rings. The summed E-state index contributed by atoms with van der Waals surface area (Å²) in [4.78, 5) is 103. The van der Waals surface area contributed by atoms with Crippen LogP contribution in [0, 0.1) is 5.92 Å². The monoisotopic (exact) mass is 1110 g/mol. The molecule has 436 valence electrons. The zero-order valence-corrected chi connectivity index (χ0v) is 47.5. The molecule has 3 aliphatic heterocycles. The predicted octanol–water partition coefficient (Wildman–Crippen LogP) is 6.27. The number of ether oxygens (including phenoxy) is 1. The number of rotatable bonds is 20. The van der Waals surface area contributed by atoms with Crippen molar-refractivity contribution in [1.29, 1.82) is 0 Å². The third-order valence-electron chi connectivity index (χ3n) is 15.8. The molecule has 10 N–H and O–H groups in total. The van der Waals surface area contributed by atoms with Gasteiger partial charge in [0, 0.05) is 31.2 Å². The zero-order valence-electron chi connectivity index (χ0n) is 47.5. The second-order valence-electron chi connectivity index (χ2n) is 22.3. The second-order valence-corrected chi connectivity index (χ2v) is 22.3. The van der Waals surface area contributed by atoms with Crippen molar-refractivity contribution in [1.82, 2.24) is 36.4 Å². The van der Waals surface area contributed by atoms with Crippen LogP contribution in [-0.4, -0.2) is 131 Å². The maximum atomic E-state index is 14.6. The number of carbonyl (C=O) groups is 7. The number of hydrogen-bond donors (Lipinski definition) is 8. The van der Waals surface area contributed by atoms with E-state index in [-0.39, 0.29) is 57.5 Å². The molecule has 18 nitrogen and oxygen atoms in total. The molecule has 0 saturated carbocycles. The fourth-order valence-corrected chi connectivity index (χ4v) is 11.0. The number of hydrogen-bond acceptors (Lipinski definition) is 11. The maximum absolute atomic E-state index is 14.6. The lowest BCUT2D eigenvalue weighted by Gasteiger charge is -2.32. The molecule has 3 saturated heterocycles. The highest BCUT2D eigenvalue weighted by atomic mass is 16.5. The molecule has 4 aromatic carbocycles. The summed E-state index contributed by atoms with van der Waals surface area (Å²) in [6.07, 6.45) is 10.2. The Morgan fingerprint density at radius 1 is 0.667 bits per heavy atom. The lowest BCUT2D eigenvalue weighted by atomic mass is 9.99. The molecular formula is C63H85N9O9. The summed E-state index contributed by atoms with van der Waals surface area (Å²) in [5.41, 5.74) is 17.3. The Balaban J connectivity index is 1.08. The number of nitrogens with one attached hydrogen (secondary N) is 5. The summed E-state index contributed by atoms with van der Waals surface area (Å²) in [5.74, 6) is -3.30. The number of aryl methyl sites for hydroxylation is 1. The van der Waals surface area contributed by atoms with Crippen LogP contribution < -0.4 is 42.8 Å². The summed E-state index contributed by atoms with van der Waals surface area (Å²) in [6.45, 7) is 7.22. The molecule has 3 fully saturated rings. The number of phenolic OH excluding ortho intramolecular Hbond substituents is 1. The van der Waals surface area contributed by atoms with Crippen molar-refractivity contribution in [2.24, 2.45) is 17.4 Å². The molecule has 7 atom stereocenters. The first-order valence-corrected chi connectivity index (χ1v) is 29.4. The molecule has 7 rings (SSSR count). The quantitative estimate of drug-likeness (QED) is 0.0458. The minimum atomic E-state index is -1.16. The van der Waals surface area contributed by atoms with Crippen molar-refractivity contribution < 1.29 is 43.4 Å². The maximum Gasteiger partial charge on any atom is 0.251 e. The lowest BCUT2D eigenvalue weighted by molar-refractivity contribution is -0.143. The Kier molecular flexibility index (Phi) is 23.1. The molecule has 0 spiro atoms. The number of aromatic hydroxyl groups is 1. The van der Waals surface area contributed by atoms with Crippen LogP contribution in [0.5, 0.6) is 11.5 Å². The van der Waals surface area contributed by atoms with Gasteiger partial charge in [0.15, 0.2) is 0 Å². The topological polar surface area (TPSA) is 268 Å². The van der Waals surface area contributed by atoms with Gasteiger partial charge in [0.05, 0.1) is 6.61 Å². The first-order chi connectivity index (χ1) is 39.1. The van der Waals surface area contributed by atoms with Gasteiger partial charge in [-0.05, 0) is 147 Å². The molecule has 7 amide bonds. The molecule has 3 heterocycles. The summed E-state index contributed by atoms with van der Waals surface area (Å²) < 4.78 is 5.99.